The van der Waals surface area contributed by atoms with E-state index in [2.05, 4.69) is 5.32 Å². The molecule has 2 aromatic carbocycles. The second-order valence-electron chi connectivity index (χ2n) is 4.29. The molecule has 1 aliphatic heterocycles. The van der Waals surface area contributed by atoms with Gasteiger partial charge < -0.3 is 0 Å². The highest BCUT2D eigenvalue weighted by Gasteiger charge is 2.31. The zero-order valence-electron chi connectivity index (χ0n) is 10.1. The molecule has 1 heterocycles. The first-order chi connectivity index (χ1) is 9.59. The lowest BCUT2D eigenvalue weighted by Crippen LogP contribution is -2.20. The fourth-order valence-electron chi connectivity index (χ4n) is 2.30. The minimum absolute atomic E-state index is 0.104. The summed E-state index contributed by atoms with van der Waals surface area (Å²) in [5.74, 6) is -1.01. The van der Waals surface area contributed by atoms with Crippen LogP contribution in [0.25, 0.3) is 11.1 Å². The topological polar surface area (TPSA) is 89.3 Å². The average molecular weight is 268 g/mol. The fraction of sp³-hybridized carbons (Fsp3) is 0. The van der Waals surface area contributed by atoms with E-state index < -0.39 is 16.7 Å². The number of para-hydroxylation sites is 1. The Hall–Kier alpha value is -3.02. The zero-order valence-corrected chi connectivity index (χ0v) is 10.1. The summed E-state index contributed by atoms with van der Waals surface area (Å²) in [7, 11) is 0. The molecule has 1 N–H and O–H groups in total. The third-order valence-electron chi connectivity index (χ3n) is 3.15. The summed E-state index contributed by atoms with van der Waals surface area (Å²) in [6.45, 7) is 0. The molecule has 0 atom stereocenters. The summed E-state index contributed by atoms with van der Waals surface area (Å²) in [5.41, 5.74) is 1.03. The van der Waals surface area contributed by atoms with E-state index in [1.54, 1.807) is 30.3 Å². The largest absolute Gasteiger partial charge is 0.288 e. The molecule has 0 spiro atoms. The van der Waals surface area contributed by atoms with E-state index in [-0.39, 0.29) is 16.8 Å². The lowest BCUT2D eigenvalue weighted by molar-refractivity contribution is -0.384. The summed E-state index contributed by atoms with van der Waals surface area (Å²) in [5, 5.41) is 13.3. The number of amides is 2. The quantitative estimate of drug-likeness (QED) is 0.513. The van der Waals surface area contributed by atoms with Gasteiger partial charge in [0.2, 0.25) is 0 Å². The maximum atomic E-state index is 11.8. The SMILES string of the molecule is O=C1NC(=O)c2c1cccc2-c1ccccc1[N+](=O)[O-]. The summed E-state index contributed by atoms with van der Waals surface area (Å²) < 4.78 is 0. The second kappa shape index (κ2) is 4.27. The number of hydrogen-bond donors (Lipinski definition) is 1. The van der Waals surface area contributed by atoms with E-state index in [9.17, 15) is 19.7 Å². The van der Waals surface area contributed by atoms with Gasteiger partial charge in [-0.25, -0.2) is 0 Å². The van der Waals surface area contributed by atoms with E-state index >= 15 is 0 Å². The third-order valence-corrected chi connectivity index (χ3v) is 3.15. The van der Waals surface area contributed by atoms with Crippen molar-refractivity contribution >= 4 is 17.5 Å². The van der Waals surface area contributed by atoms with Gasteiger partial charge in [-0.2, -0.15) is 0 Å². The van der Waals surface area contributed by atoms with Gasteiger partial charge in [0.25, 0.3) is 17.5 Å². The predicted molar refractivity (Wildman–Crippen MR) is 70.3 cm³/mol. The van der Waals surface area contributed by atoms with Gasteiger partial charge in [0.15, 0.2) is 0 Å². The van der Waals surface area contributed by atoms with Crippen molar-refractivity contribution in [1.29, 1.82) is 0 Å². The van der Waals surface area contributed by atoms with E-state index in [4.69, 9.17) is 0 Å². The van der Waals surface area contributed by atoms with Crippen molar-refractivity contribution in [3.8, 4) is 11.1 Å². The Kier molecular flexibility index (Phi) is 2.57. The van der Waals surface area contributed by atoms with Crippen molar-refractivity contribution in [3.05, 3.63) is 63.7 Å². The van der Waals surface area contributed by atoms with Crippen molar-refractivity contribution in [1.82, 2.24) is 5.32 Å². The highest BCUT2D eigenvalue weighted by atomic mass is 16.6. The summed E-state index contributed by atoms with van der Waals surface area (Å²) in [4.78, 5) is 34.0. The van der Waals surface area contributed by atoms with Crippen molar-refractivity contribution in [2.24, 2.45) is 0 Å². The van der Waals surface area contributed by atoms with Crippen LogP contribution in [-0.2, 0) is 0 Å². The standard InChI is InChI=1S/C14H8N2O4/c17-13-10-6-3-5-9(12(10)14(18)15-13)8-4-1-2-7-11(8)16(19)20/h1-7H,(H,15,17,18). The molecule has 98 valence electrons. The number of nitrogens with zero attached hydrogens (tertiary/aromatic N) is 1. The number of imide groups is 1. The normalized spacial score (nSPS) is 13.0. The number of carbonyl (C=O) groups excluding carboxylic acids is 2. The molecule has 20 heavy (non-hydrogen) atoms. The Bertz CT molecular complexity index is 768. The van der Waals surface area contributed by atoms with E-state index in [1.807, 2.05) is 0 Å². The van der Waals surface area contributed by atoms with E-state index in [0.29, 0.717) is 11.1 Å². The van der Waals surface area contributed by atoms with Gasteiger partial charge in [-0.15, -0.1) is 0 Å². The number of rotatable bonds is 2. The van der Waals surface area contributed by atoms with Crippen molar-refractivity contribution < 1.29 is 14.5 Å². The molecule has 0 aromatic heterocycles. The van der Waals surface area contributed by atoms with Gasteiger partial charge in [0.05, 0.1) is 21.6 Å². The van der Waals surface area contributed by atoms with Crippen LogP contribution < -0.4 is 5.32 Å². The van der Waals surface area contributed by atoms with Crippen LogP contribution in [0.4, 0.5) is 5.69 Å². The molecule has 0 bridgehead atoms. The molecule has 0 fully saturated rings. The maximum Gasteiger partial charge on any atom is 0.277 e. The molecule has 2 aromatic rings. The average Bonchev–Trinajstić information content (AvgIpc) is 2.74. The monoisotopic (exact) mass is 268 g/mol. The smallest absolute Gasteiger partial charge is 0.277 e. The molecule has 0 unspecified atom stereocenters. The highest BCUT2D eigenvalue weighted by Crippen LogP contribution is 2.34. The molecule has 0 saturated heterocycles. The molecular weight excluding hydrogens is 260 g/mol. The Balaban J connectivity index is 2.31. The molecular formula is C14H8N2O4. The molecule has 0 radical (unpaired) electrons. The molecule has 6 heteroatoms. The van der Waals surface area contributed by atoms with Gasteiger partial charge >= 0.3 is 0 Å². The van der Waals surface area contributed by atoms with Crippen LogP contribution in [0, 0.1) is 10.1 Å². The van der Waals surface area contributed by atoms with Gasteiger partial charge in [-0.05, 0) is 12.1 Å². The Morgan fingerprint density at radius 1 is 0.850 bits per heavy atom. The predicted octanol–water partition coefficient (Wildman–Crippen LogP) is 2.15. The number of carbonyl (C=O) groups is 2. The molecule has 3 rings (SSSR count). The molecule has 0 saturated carbocycles. The van der Waals surface area contributed by atoms with Crippen LogP contribution in [0.5, 0.6) is 0 Å². The summed E-state index contributed by atoms with van der Waals surface area (Å²) in [6, 6.07) is 10.8. The molecule has 1 aliphatic rings. The first-order valence-corrected chi connectivity index (χ1v) is 5.82. The van der Waals surface area contributed by atoms with Crippen LogP contribution in [0.2, 0.25) is 0 Å². The maximum absolute atomic E-state index is 11.8. The van der Waals surface area contributed by atoms with Crippen LogP contribution in [0.15, 0.2) is 42.5 Å². The first-order valence-electron chi connectivity index (χ1n) is 5.82. The lowest BCUT2D eigenvalue weighted by Gasteiger charge is -2.06. The Morgan fingerprint density at radius 3 is 2.25 bits per heavy atom. The Labute approximate surface area is 113 Å². The minimum Gasteiger partial charge on any atom is -0.288 e. The van der Waals surface area contributed by atoms with Gasteiger partial charge in [0.1, 0.15) is 0 Å². The fourth-order valence-corrected chi connectivity index (χ4v) is 2.30. The molecule has 2 amide bonds. The van der Waals surface area contributed by atoms with Crippen LogP contribution >= 0.6 is 0 Å². The minimum atomic E-state index is -0.529. The van der Waals surface area contributed by atoms with Crippen LogP contribution in [0.1, 0.15) is 20.7 Å². The number of hydrogen-bond acceptors (Lipinski definition) is 4. The third kappa shape index (κ3) is 1.66. The van der Waals surface area contributed by atoms with Gasteiger partial charge in [-0.1, -0.05) is 24.3 Å². The van der Waals surface area contributed by atoms with Crippen LogP contribution in [-0.4, -0.2) is 16.7 Å². The van der Waals surface area contributed by atoms with Crippen molar-refractivity contribution in [2.75, 3.05) is 0 Å². The van der Waals surface area contributed by atoms with Gasteiger partial charge in [0, 0.05) is 11.6 Å². The number of nitro benzene ring substituents is 1. The highest BCUT2D eigenvalue weighted by molar-refractivity contribution is 6.24. The second-order valence-corrected chi connectivity index (χ2v) is 4.29. The molecule has 6 nitrogen and oxygen atoms in total. The Morgan fingerprint density at radius 2 is 1.50 bits per heavy atom. The first kappa shape index (κ1) is 12.0. The number of nitro groups is 1. The zero-order chi connectivity index (χ0) is 14.3. The van der Waals surface area contributed by atoms with Crippen molar-refractivity contribution in [2.45, 2.75) is 0 Å². The summed E-state index contributed by atoms with van der Waals surface area (Å²) >= 11 is 0. The number of fused-ring (bicyclic) bond motifs is 1. The van der Waals surface area contributed by atoms with Crippen molar-refractivity contribution in [3.63, 3.8) is 0 Å². The summed E-state index contributed by atoms with van der Waals surface area (Å²) in [6.07, 6.45) is 0. The number of nitrogens with one attached hydrogen (secondary N) is 1. The van der Waals surface area contributed by atoms with Gasteiger partial charge in [-0.3, -0.25) is 25.0 Å². The van der Waals surface area contributed by atoms with E-state index in [1.165, 1.54) is 12.1 Å². The number of benzene rings is 2. The van der Waals surface area contributed by atoms with E-state index in [0.717, 1.165) is 0 Å². The van der Waals surface area contributed by atoms with Crippen LogP contribution in [0.3, 0.4) is 0 Å². The molecule has 0 aliphatic carbocycles. The lowest BCUT2D eigenvalue weighted by atomic mass is 9.95.